The summed E-state index contributed by atoms with van der Waals surface area (Å²) in [5, 5.41) is 0. The predicted octanol–water partition coefficient (Wildman–Crippen LogP) is 3.04. The van der Waals surface area contributed by atoms with Crippen molar-refractivity contribution in [3.05, 3.63) is 29.3 Å². The van der Waals surface area contributed by atoms with Crippen molar-refractivity contribution in [3.63, 3.8) is 0 Å². The van der Waals surface area contributed by atoms with Gasteiger partial charge in [-0.3, -0.25) is 4.79 Å². The third-order valence-electron chi connectivity index (χ3n) is 3.71. The number of carbonyl (C=O) groups is 1. The number of rotatable bonds is 2. The number of nitrogens with zero attached hydrogens (tertiary/aromatic N) is 1. The molecule has 20 heavy (non-hydrogen) atoms. The molecule has 0 saturated carbocycles. The summed E-state index contributed by atoms with van der Waals surface area (Å²) < 4.78 is 39.4. The fraction of sp³-hybridized carbons (Fsp3) is 0.500. The molecule has 3 nitrogen and oxygen atoms in total. The Kier molecular flexibility index (Phi) is 3.92. The van der Waals surface area contributed by atoms with E-state index in [-0.39, 0.29) is 11.3 Å². The number of carbonyl (C=O) groups excluding carboxylic acids is 1. The van der Waals surface area contributed by atoms with Crippen LogP contribution in [0.5, 0.6) is 0 Å². The fourth-order valence-corrected chi connectivity index (χ4v) is 2.44. The first kappa shape index (κ1) is 14.7. The zero-order valence-corrected chi connectivity index (χ0v) is 11.2. The molecule has 1 fully saturated rings. The van der Waals surface area contributed by atoms with Gasteiger partial charge in [0.2, 0.25) is 5.91 Å². The van der Waals surface area contributed by atoms with E-state index in [0.29, 0.717) is 19.0 Å². The van der Waals surface area contributed by atoms with Crippen LogP contribution in [0.2, 0.25) is 0 Å². The number of alkyl halides is 3. The summed E-state index contributed by atoms with van der Waals surface area (Å²) in [6.45, 7) is 3.29. The normalized spacial score (nSPS) is 17.3. The van der Waals surface area contributed by atoms with Crippen LogP contribution in [-0.2, 0) is 6.18 Å². The van der Waals surface area contributed by atoms with E-state index < -0.39 is 17.6 Å². The van der Waals surface area contributed by atoms with Gasteiger partial charge in [0.25, 0.3) is 0 Å². The predicted molar refractivity (Wildman–Crippen MR) is 70.6 cm³/mol. The summed E-state index contributed by atoms with van der Waals surface area (Å²) in [5.41, 5.74) is 4.28. The van der Waals surface area contributed by atoms with Crippen LogP contribution >= 0.6 is 0 Å². The molecule has 1 heterocycles. The molecule has 1 aromatic carbocycles. The van der Waals surface area contributed by atoms with Gasteiger partial charge in [0.1, 0.15) is 0 Å². The molecule has 2 N–H and O–H groups in total. The Morgan fingerprint density at radius 1 is 1.30 bits per heavy atom. The maximum Gasteiger partial charge on any atom is 0.418 e. The molecule has 1 aromatic rings. The van der Waals surface area contributed by atoms with Crippen LogP contribution in [0, 0.1) is 5.92 Å². The molecule has 0 atom stereocenters. The fourth-order valence-electron chi connectivity index (χ4n) is 2.44. The first-order valence-electron chi connectivity index (χ1n) is 6.55. The van der Waals surface area contributed by atoms with Crippen molar-refractivity contribution in [2.24, 2.45) is 11.7 Å². The lowest BCUT2D eigenvalue weighted by molar-refractivity contribution is -0.137. The van der Waals surface area contributed by atoms with Crippen molar-refractivity contribution in [3.8, 4) is 0 Å². The van der Waals surface area contributed by atoms with Crippen LogP contribution < -0.4 is 10.6 Å². The minimum Gasteiger partial charge on any atom is -0.371 e. The Hall–Kier alpha value is -1.72. The number of amides is 1. The zero-order chi connectivity index (χ0) is 14.9. The monoisotopic (exact) mass is 286 g/mol. The van der Waals surface area contributed by atoms with E-state index >= 15 is 0 Å². The first-order chi connectivity index (χ1) is 9.29. The molecule has 0 radical (unpaired) electrons. The maximum absolute atomic E-state index is 13.1. The van der Waals surface area contributed by atoms with Crippen molar-refractivity contribution in [2.75, 3.05) is 18.0 Å². The Balaban J connectivity index is 2.39. The van der Waals surface area contributed by atoms with E-state index in [0.717, 1.165) is 18.9 Å². The van der Waals surface area contributed by atoms with Gasteiger partial charge in [-0.2, -0.15) is 13.2 Å². The van der Waals surface area contributed by atoms with Crippen LogP contribution in [0.4, 0.5) is 18.9 Å². The second-order valence-corrected chi connectivity index (χ2v) is 5.26. The van der Waals surface area contributed by atoms with E-state index in [1.807, 2.05) is 0 Å². The van der Waals surface area contributed by atoms with Gasteiger partial charge in [-0.05, 0) is 37.0 Å². The van der Waals surface area contributed by atoms with Crippen LogP contribution in [0.1, 0.15) is 35.7 Å². The SMILES string of the molecule is CC1CCN(c2ccc(C(N)=O)cc2C(F)(F)F)CC1. The molecular weight excluding hydrogens is 269 g/mol. The highest BCUT2D eigenvalue weighted by molar-refractivity contribution is 5.93. The lowest BCUT2D eigenvalue weighted by Crippen LogP contribution is -2.34. The summed E-state index contributed by atoms with van der Waals surface area (Å²) in [7, 11) is 0. The maximum atomic E-state index is 13.1. The highest BCUT2D eigenvalue weighted by Crippen LogP contribution is 2.38. The molecule has 0 aliphatic carbocycles. The van der Waals surface area contributed by atoms with E-state index in [1.165, 1.54) is 12.1 Å². The van der Waals surface area contributed by atoms with Crippen LogP contribution in [0.3, 0.4) is 0 Å². The van der Waals surface area contributed by atoms with E-state index in [1.54, 1.807) is 4.90 Å². The Morgan fingerprint density at radius 3 is 2.40 bits per heavy atom. The summed E-state index contributed by atoms with van der Waals surface area (Å²) in [5.74, 6) is -0.320. The van der Waals surface area contributed by atoms with Crippen molar-refractivity contribution in [1.82, 2.24) is 0 Å². The number of piperidine rings is 1. The van der Waals surface area contributed by atoms with Gasteiger partial charge in [0.05, 0.1) is 5.56 Å². The average molecular weight is 286 g/mol. The molecule has 6 heteroatoms. The van der Waals surface area contributed by atoms with Gasteiger partial charge < -0.3 is 10.6 Å². The second kappa shape index (κ2) is 5.34. The zero-order valence-electron chi connectivity index (χ0n) is 11.2. The molecular formula is C14H17F3N2O. The molecule has 1 aliphatic heterocycles. The summed E-state index contributed by atoms with van der Waals surface area (Å²) in [4.78, 5) is 12.8. The van der Waals surface area contributed by atoms with Crippen molar-refractivity contribution in [2.45, 2.75) is 25.9 Å². The molecule has 0 aromatic heterocycles. The number of hydrogen-bond donors (Lipinski definition) is 1. The third kappa shape index (κ3) is 3.05. The molecule has 110 valence electrons. The second-order valence-electron chi connectivity index (χ2n) is 5.26. The van der Waals surface area contributed by atoms with Gasteiger partial charge in [-0.25, -0.2) is 0 Å². The molecule has 1 aliphatic rings. The number of primary amides is 1. The lowest BCUT2D eigenvalue weighted by atomic mass is 9.97. The topological polar surface area (TPSA) is 46.3 Å². The standard InChI is InChI=1S/C14H17F3N2O/c1-9-4-6-19(7-5-9)12-3-2-10(13(18)20)8-11(12)14(15,16)17/h2-3,8-9H,4-7H2,1H3,(H2,18,20). The van der Waals surface area contributed by atoms with Crippen molar-refractivity contribution < 1.29 is 18.0 Å². The van der Waals surface area contributed by atoms with Crippen LogP contribution in [0.25, 0.3) is 0 Å². The molecule has 1 saturated heterocycles. The van der Waals surface area contributed by atoms with Gasteiger partial charge in [0, 0.05) is 24.3 Å². The Labute approximate surface area is 115 Å². The average Bonchev–Trinajstić information content (AvgIpc) is 2.38. The van der Waals surface area contributed by atoms with Gasteiger partial charge in [0.15, 0.2) is 0 Å². The molecule has 1 amide bonds. The third-order valence-corrected chi connectivity index (χ3v) is 3.71. The molecule has 0 unspecified atom stereocenters. The Bertz CT molecular complexity index is 506. The largest absolute Gasteiger partial charge is 0.418 e. The number of anilines is 1. The van der Waals surface area contributed by atoms with Crippen LogP contribution in [0.15, 0.2) is 18.2 Å². The van der Waals surface area contributed by atoms with E-state index in [9.17, 15) is 18.0 Å². The quantitative estimate of drug-likeness (QED) is 0.908. The lowest BCUT2D eigenvalue weighted by Gasteiger charge is -2.33. The van der Waals surface area contributed by atoms with E-state index in [4.69, 9.17) is 5.73 Å². The Morgan fingerprint density at radius 2 is 1.90 bits per heavy atom. The van der Waals surface area contributed by atoms with Crippen molar-refractivity contribution in [1.29, 1.82) is 0 Å². The highest BCUT2D eigenvalue weighted by Gasteiger charge is 2.36. The molecule has 0 spiro atoms. The van der Waals surface area contributed by atoms with Crippen LogP contribution in [-0.4, -0.2) is 19.0 Å². The van der Waals surface area contributed by atoms with Gasteiger partial charge in [-0.1, -0.05) is 6.92 Å². The van der Waals surface area contributed by atoms with E-state index in [2.05, 4.69) is 6.92 Å². The minimum absolute atomic E-state index is 0.119. The first-order valence-corrected chi connectivity index (χ1v) is 6.55. The highest BCUT2D eigenvalue weighted by atomic mass is 19.4. The van der Waals surface area contributed by atoms with Crippen molar-refractivity contribution >= 4 is 11.6 Å². The summed E-state index contributed by atoms with van der Waals surface area (Å²) in [6, 6.07) is 3.54. The number of nitrogens with two attached hydrogens (primary N) is 1. The van der Waals surface area contributed by atoms with Gasteiger partial charge in [-0.15, -0.1) is 0 Å². The number of halogens is 3. The smallest absolute Gasteiger partial charge is 0.371 e. The molecule has 2 rings (SSSR count). The van der Waals surface area contributed by atoms with Gasteiger partial charge >= 0.3 is 6.18 Å². The summed E-state index contributed by atoms with van der Waals surface area (Å²) >= 11 is 0. The number of hydrogen-bond acceptors (Lipinski definition) is 2. The number of benzene rings is 1. The molecule has 0 bridgehead atoms. The minimum atomic E-state index is -4.50. The summed E-state index contributed by atoms with van der Waals surface area (Å²) in [6.07, 6.45) is -2.76.